The monoisotopic (exact) mass is 963 g/mol. The smallest absolute Gasteiger partial charge is 0.306 e. The fourth-order valence-electron chi connectivity index (χ4n) is 6.77. The van der Waals surface area contributed by atoms with E-state index in [-0.39, 0.29) is 44.0 Å². The standard InChI is InChI=1S/C64H98O6/c1-4-7-10-13-16-19-22-25-28-30-32-34-36-39-42-45-48-51-54-57-63(66)69-60-61(59-68-62(65)56-53-50-47-44-41-38-27-24-21-18-15-12-9-6-3)70-64(67)58-55-52-49-46-43-40-37-35-33-31-29-26-23-20-17-14-11-8-5-2/h7-12,16-21,25-29,32-35,38-39,42,48,51,61H,4-6,13-15,22-24,30-31,36-37,40-41,43-47,49-50,52-60H2,1-3H3/b10-7-,11-8-,12-9-,19-16-,20-17-,21-18-,28-25-,29-26-,34-32-,35-33-,38-27-,42-39-,51-48-. The van der Waals surface area contributed by atoms with Gasteiger partial charge in [0.2, 0.25) is 0 Å². The summed E-state index contributed by atoms with van der Waals surface area (Å²) in [6, 6.07) is 0. The minimum absolute atomic E-state index is 0.127. The Morgan fingerprint density at radius 2 is 0.543 bits per heavy atom. The maximum Gasteiger partial charge on any atom is 0.306 e. The van der Waals surface area contributed by atoms with E-state index in [1.54, 1.807) is 0 Å². The number of hydrogen-bond acceptors (Lipinski definition) is 6. The number of carbonyl (C=O) groups is 3. The largest absolute Gasteiger partial charge is 0.462 e. The van der Waals surface area contributed by atoms with Gasteiger partial charge in [-0.2, -0.15) is 0 Å². The zero-order valence-electron chi connectivity index (χ0n) is 44.5. The van der Waals surface area contributed by atoms with Gasteiger partial charge >= 0.3 is 17.9 Å². The van der Waals surface area contributed by atoms with Crippen molar-refractivity contribution in [3.63, 3.8) is 0 Å². The molecule has 0 aliphatic rings. The molecule has 0 aromatic carbocycles. The molecule has 0 aromatic rings. The molecule has 0 aromatic heterocycles. The zero-order valence-corrected chi connectivity index (χ0v) is 44.5. The van der Waals surface area contributed by atoms with Crippen LogP contribution in [0.15, 0.2) is 158 Å². The lowest BCUT2D eigenvalue weighted by molar-refractivity contribution is -0.166. The molecule has 0 N–H and O–H groups in total. The van der Waals surface area contributed by atoms with Crippen molar-refractivity contribution in [2.75, 3.05) is 13.2 Å². The van der Waals surface area contributed by atoms with E-state index in [0.717, 1.165) is 148 Å². The number of allylic oxidation sites excluding steroid dienone is 26. The van der Waals surface area contributed by atoms with Crippen molar-refractivity contribution in [3.05, 3.63) is 158 Å². The molecule has 0 heterocycles. The molecule has 0 amide bonds. The van der Waals surface area contributed by atoms with Gasteiger partial charge in [-0.05, 0) is 128 Å². The highest BCUT2D eigenvalue weighted by Crippen LogP contribution is 2.12. The van der Waals surface area contributed by atoms with Gasteiger partial charge in [0.25, 0.3) is 0 Å². The minimum atomic E-state index is -0.834. The van der Waals surface area contributed by atoms with E-state index in [9.17, 15) is 14.4 Å². The van der Waals surface area contributed by atoms with Gasteiger partial charge in [0, 0.05) is 19.3 Å². The number of esters is 3. The summed E-state index contributed by atoms with van der Waals surface area (Å²) in [5.74, 6) is -1.06. The Bertz CT molecular complexity index is 1620. The second-order valence-corrected chi connectivity index (χ2v) is 17.3. The first-order valence-electron chi connectivity index (χ1n) is 27.5. The highest BCUT2D eigenvalue weighted by molar-refractivity contribution is 5.71. The maximum atomic E-state index is 12.8. The van der Waals surface area contributed by atoms with E-state index in [2.05, 4.69) is 167 Å². The summed E-state index contributed by atoms with van der Waals surface area (Å²) in [7, 11) is 0. The van der Waals surface area contributed by atoms with Gasteiger partial charge in [0.1, 0.15) is 13.2 Å². The van der Waals surface area contributed by atoms with Crippen molar-refractivity contribution < 1.29 is 28.6 Å². The number of hydrogen-bond donors (Lipinski definition) is 0. The molecule has 0 aliphatic carbocycles. The van der Waals surface area contributed by atoms with Crippen molar-refractivity contribution in [2.45, 2.75) is 213 Å². The first-order valence-corrected chi connectivity index (χ1v) is 27.5. The van der Waals surface area contributed by atoms with Crippen LogP contribution < -0.4 is 0 Å². The summed E-state index contributed by atoms with van der Waals surface area (Å²) in [5.41, 5.74) is 0. The van der Waals surface area contributed by atoms with Gasteiger partial charge in [0.05, 0.1) is 0 Å². The number of rotatable bonds is 47. The quantitative estimate of drug-likeness (QED) is 0.0262. The minimum Gasteiger partial charge on any atom is -0.462 e. The van der Waals surface area contributed by atoms with E-state index in [1.165, 1.54) is 12.8 Å². The van der Waals surface area contributed by atoms with Crippen LogP contribution in [0.3, 0.4) is 0 Å². The third-order valence-electron chi connectivity index (χ3n) is 10.8. The van der Waals surface area contributed by atoms with E-state index in [0.29, 0.717) is 12.8 Å². The molecule has 0 radical (unpaired) electrons. The molecule has 0 fully saturated rings. The SMILES string of the molecule is CC/C=C\C/C=C\C/C=C\C/C=C\C/C=C\C/C=C\CCC(=O)OCC(COC(=O)CCCCCC/C=C\C/C=C\C/C=C\CC)OC(=O)CCCCCCCC/C=C\C/C=C\C/C=C\C/C=C\CC. The summed E-state index contributed by atoms with van der Waals surface area (Å²) < 4.78 is 16.7. The molecule has 0 spiro atoms. The summed E-state index contributed by atoms with van der Waals surface area (Å²) in [4.78, 5) is 38.1. The summed E-state index contributed by atoms with van der Waals surface area (Å²) in [6.45, 7) is 6.18. The number of ether oxygens (including phenoxy) is 3. The van der Waals surface area contributed by atoms with Crippen LogP contribution in [-0.4, -0.2) is 37.2 Å². The van der Waals surface area contributed by atoms with E-state index in [1.807, 2.05) is 12.2 Å². The lowest BCUT2D eigenvalue weighted by atomic mass is 10.1. The first kappa shape index (κ1) is 65.0. The van der Waals surface area contributed by atoms with Crippen molar-refractivity contribution >= 4 is 17.9 Å². The van der Waals surface area contributed by atoms with Crippen LogP contribution >= 0.6 is 0 Å². The molecule has 1 unspecified atom stereocenters. The fourth-order valence-corrected chi connectivity index (χ4v) is 6.77. The first-order chi connectivity index (χ1) is 34.5. The van der Waals surface area contributed by atoms with E-state index in [4.69, 9.17) is 14.2 Å². The Labute approximate surface area is 429 Å². The van der Waals surface area contributed by atoms with Crippen LogP contribution in [0.2, 0.25) is 0 Å². The van der Waals surface area contributed by atoms with Crippen molar-refractivity contribution in [1.29, 1.82) is 0 Å². The lowest BCUT2D eigenvalue weighted by Crippen LogP contribution is -2.30. The topological polar surface area (TPSA) is 78.9 Å². The van der Waals surface area contributed by atoms with Crippen molar-refractivity contribution in [3.8, 4) is 0 Å². The Balaban J connectivity index is 4.59. The molecule has 0 saturated carbocycles. The third kappa shape index (κ3) is 54.0. The van der Waals surface area contributed by atoms with Crippen molar-refractivity contribution in [2.24, 2.45) is 0 Å². The average molecular weight is 963 g/mol. The molecule has 70 heavy (non-hydrogen) atoms. The average Bonchev–Trinajstić information content (AvgIpc) is 3.36. The van der Waals surface area contributed by atoms with E-state index < -0.39 is 6.10 Å². The second-order valence-electron chi connectivity index (χ2n) is 17.3. The Hall–Kier alpha value is -4.97. The second kappa shape index (κ2) is 56.6. The summed E-state index contributed by atoms with van der Waals surface area (Å²) in [5, 5.41) is 0. The van der Waals surface area contributed by atoms with Gasteiger partial charge in [-0.3, -0.25) is 14.4 Å². The molecular weight excluding hydrogens is 865 g/mol. The molecule has 6 heteroatoms. The van der Waals surface area contributed by atoms with Crippen LogP contribution in [0.1, 0.15) is 207 Å². The Morgan fingerprint density at radius 1 is 0.286 bits per heavy atom. The number of unbranched alkanes of at least 4 members (excludes halogenated alkanes) is 10. The van der Waals surface area contributed by atoms with Crippen LogP contribution in [-0.2, 0) is 28.6 Å². The van der Waals surface area contributed by atoms with Crippen molar-refractivity contribution in [1.82, 2.24) is 0 Å². The summed E-state index contributed by atoms with van der Waals surface area (Å²) in [6.07, 6.45) is 82.4. The lowest BCUT2D eigenvalue weighted by Gasteiger charge is -2.18. The molecule has 0 rings (SSSR count). The Kier molecular flexibility index (Phi) is 52.6. The fraction of sp³-hybridized carbons (Fsp3) is 0.547. The van der Waals surface area contributed by atoms with Gasteiger partial charge in [0.15, 0.2) is 6.10 Å². The molecule has 0 bridgehead atoms. The number of carbonyl (C=O) groups excluding carboxylic acids is 3. The molecule has 1 atom stereocenters. The molecular formula is C64H98O6. The predicted octanol–water partition coefficient (Wildman–Crippen LogP) is 18.6. The third-order valence-corrected chi connectivity index (χ3v) is 10.8. The van der Waals surface area contributed by atoms with Gasteiger partial charge in [-0.15, -0.1) is 0 Å². The molecule has 390 valence electrons. The van der Waals surface area contributed by atoms with Crippen LogP contribution in [0, 0.1) is 0 Å². The van der Waals surface area contributed by atoms with E-state index >= 15 is 0 Å². The zero-order chi connectivity index (χ0) is 50.7. The molecule has 6 nitrogen and oxygen atoms in total. The molecule has 0 saturated heterocycles. The highest BCUT2D eigenvalue weighted by atomic mass is 16.6. The van der Waals surface area contributed by atoms with Gasteiger partial charge in [-0.1, -0.05) is 217 Å². The van der Waals surface area contributed by atoms with Gasteiger partial charge < -0.3 is 14.2 Å². The molecule has 0 aliphatic heterocycles. The van der Waals surface area contributed by atoms with Crippen LogP contribution in [0.4, 0.5) is 0 Å². The van der Waals surface area contributed by atoms with Crippen LogP contribution in [0.5, 0.6) is 0 Å². The normalized spacial score (nSPS) is 13.4. The van der Waals surface area contributed by atoms with Crippen LogP contribution in [0.25, 0.3) is 0 Å². The maximum absolute atomic E-state index is 12.8. The predicted molar refractivity (Wildman–Crippen MR) is 302 cm³/mol. The van der Waals surface area contributed by atoms with Gasteiger partial charge in [-0.25, -0.2) is 0 Å². The summed E-state index contributed by atoms with van der Waals surface area (Å²) >= 11 is 0. The highest BCUT2D eigenvalue weighted by Gasteiger charge is 2.19. The Morgan fingerprint density at radius 3 is 0.886 bits per heavy atom.